The Morgan fingerprint density at radius 2 is 2.10 bits per heavy atom. The first kappa shape index (κ1) is 13.4. The summed E-state index contributed by atoms with van der Waals surface area (Å²) < 4.78 is 0. The number of carbonyl (C=O) groups excluding carboxylic acids is 2. The number of rotatable bonds is 3. The quantitative estimate of drug-likeness (QED) is 0.721. The summed E-state index contributed by atoms with van der Waals surface area (Å²) >= 11 is 0. The van der Waals surface area contributed by atoms with Crippen molar-refractivity contribution in [3.63, 3.8) is 0 Å². The number of nitrogens with one attached hydrogen (secondary N) is 2. The molecule has 2 amide bonds. The fourth-order valence-corrected chi connectivity index (χ4v) is 2.60. The number of carboxylic acid groups (broad SMARTS) is 1. The lowest BCUT2D eigenvalue weighted by Crippen LogP contribution is -2.33. The van der Waals surface area contributed by atoms with Gasteiger partial charge in [0.2, 0.25) is 5.91 Å². The fourth-order valence-electron chi connectivity index (χ4n) is 2.60. The highest BCUT2D eigenvalue weighted by Gasteiger charge is 2.26. The Hall–Kier alpha value is -2.63. The van der Waals surface area contributed by atoms with E-state index in [4.69, 9.17) is 5.11 Å². The van der Waals surface area contributed by atoms with E-state index < -0.39 is 11.9 Å². The lowest BCUT2D eigenvalue weighted by atomic mass is 10.1. The molecule has 0 saturated carbocycles. The van der Waals surface area contributed by atoms with Crippen LogP contribution in [0.4, 0.5) is 5.69 Å². The Morgan fingerprint density at radius 3 is 2.81 bits per heavy atom. The molecule has 0 radical (unpaired) electrons. The third kappa shape index (κ3) is 2.65. The van der Waals surface area contributed by atoms with Gasteiger partial charge < -0.3 is 15.7 Å². The van der Waals surface area contributed by atoms with E-state index in [1.54, 1.807) is 30.4 Å². The summed E-state index contributed by atoms with van der Waals surface area (Å²) in [4.78, 5) is 34.3. The van der Waals surface area contributed by atoms with Crippen LogP contribution < -0.4 is 10.6 Å². The summed E-state index contributed by atoms with van der Waals surface area (Å²) in [7, 11) is 0. The largest absolute Gasteiger partial charge is 0.481 e. The number of aliphatic carboxylic acids is 1. The molecule has 1 aliphatic carbocycles. The SMILES string of the molecule is O=C1Cc2ccc(C(=O)NC3C=CC(C(=O)O)C3)cc2N1. The molecule has 0 bridgehead atoms. The molecule has 1 aromatic carbocycles. The van der Waals surface area contributed by atoms with Crippen LogP contribution in [0.15, 0.2) is 30.4 Å². The predicted octanol–water partition coefficient (Wildman–Crippen LogP) is 0.940. The van der Waals surface area contributed by atoms with E-state index in [1.807, 2.05) is 0 Å². The highest BCUT2D eigenvalue weighted by Crippen LogP contribution is 2.24. The molecule has 0 saturated heterocycles. The minimum atomic E-state index is -0.886. The minimum Gasteiger partial charge on any atom is -0.481 e. The van der Waals surface area contributed by atoms with Crippen molar-refractivity contribution in [1.29, 1.82) is 0 Å². The smallest absolute Gasteiger partial charge is 0.310 e. The third-order valence-electron chi connectivity index (χ3n) is 3.71. The number of fused-ring (bicyclic) bond motifs is 1. The Bertz CT molecular complexity index is 666. The molecule has 0 spiro atoms. The van der Waals surface area contributed by atoms with Crippen LogP contribution in [0, 0.1) is 5.92 Å². The van der Waals surface area contributed by atoms with Crippen LogP contribution in [0.5, 0.6) is 0 Å². The van der Waals surface area contributed by atoms with Gasteiger partial charge in [0.25, 0.3) is 5.91 Å². The van der Waals surface area contributed by atoms with Crippen molar-refractivity contribution in [2.24, 2.45) is 5.92 Å². The van der Waals surface area contributed by atoms with Gasteiger partial charge in [0.1, 0.15) is 0 Å². The molecule has 2 unspecified atom stereocenters. The molecule has 3 N–H and O–H groups in total. The number of benzene rings is 1. The van der Waals surface area contributed by atoms with Gasteiger partial charge in [0, 0.05) is 17.3 Å². The van der Waals surface area contributed by atoms with Crippen molar-refractivity contribution < 1.29 is 19.5 Å². The molecule has 6 nitrogen and oxygen atoms in total. The molecule has 0 fully saturated rings. The van der Waals surface area contributed by atoms with Crippen molar-refractivity contribution in [3.8, 4) is 0 Å². The van der Waals surface area contributed by atoms with Crippen LogP contribution in [0.3, 0.4) is 0 Å². The molecule has 3 rings (SSSR count). The predicted molar refractivity (Wildman–Crippen MR) is 74.9 cm³/mol. The monoisotopic (exact) mass is 286 g/mol. The first-order valence-electron chi connectivity index (χ1n) is 6.67. The Kier molecular flexibility index (Phi) is 3.21. The van der Waals surface area contributed by atoms with Crippen LogP contribution in [-0.4, -0.2) is 28.9 Å². The van der Waals surface area contributed by atoms with Crippen molar-refractivity contribution in [2.45, 2.75) is 18.9 Å². The molecule has 1 heterocycles. The van der Waals surface area contributed by atoms with Crippen molar-refractivity contribution in [2.75, 3.05) is 5.32 Å². The lowest BCUT2D eigenvalue weighted by Gasteiger charge is -2.12. The number of hydrogen-bond donors (Lipinski definition) is 3. The standard InChI is InChI=1S/C15H14N2O4/c18-13-7-8-1-2-9(6-12(8)17-13)14(19)16-11-4-3-10(5-11)15(20)21/h1-4,6,10-11H,5,7H2,(H,16,19)(H,17,18)(H,20,21). The zero-order valence-corrected chi connectivity index (χ0v) is 11.1. The first-order valence-corrected chi connectivity index (χ1v) is 6.67. The van der Waals surface area contributed by atoms with Crippen molar-refractivity contribution in [3.05, 3.63) is 41.5 Å². The normalized spacial score (nSPS) is 22.8. The molecule has 108 valence electrons. The zero-order valence-electron chi connectivity index (χ0n) is 11.1. The Labute approximate surface area is 120 Å². The van der Waals surface area contributed by atoms with E-state index in [0.29, 0.717) is 24.1 Å². The maximum Gasteiger partial charge on any atom is 0.310 e. The summed E-state index contributed by atoms with van der Waals surface area (Å²) in [5.41, 5.74) is 1.99. The van der Waals surface area contributed by atoms with Gasteiger partial charge in [-0.25, -0.2) is 0 Å². The van der Waals surface area contributed by atoms with E-state index in [2.05, 4.69) is 10.6 Å². The Balaban J connectivity index is 1.67. The van der Waals surface area contributed by atoms with E-state index in [0.717, 1.165) is 5.56 Å². The highest BCUT2D eigenvalue weighted by molar-refractivity contribution is 6.02. The fraction of sp³-hybridized carbons (Fsp3) is 0.267. The van der Waals surface area contributed by atoms with Crippen LogP contribution in [-0.2, 0) is 16.0 Å². The van der Waals surface area contributed by atoms with E-state index in [9.17, 15) is 14.4 Å². The topological polar surface area (TPSA) is 95.5 Å². The van der Waals surface area contributed by atoms with Gasteiger partial charge >= 0.3 is 5.97 Å². The van der Waals surface area contributed by atoms with Gasteiger partial charge in [-0.1, -0.05) is 18.2 Å². The maximum atomic E-state index is 12.2. The average molecular weight is 286 g/mol. The summed E-state index contributed by atoms with van der Waals surface area (Å²) in [6.07, 6.45) is 3.99. The van der Waals surface area contributed by atoms with Gasteiger partial charge in [0.15, 0.2) is 0 Å². The minimum absolute atomic E-state index is 0.0782. The number of hydrogen-bond acceptors (Lipinski definition) is 3. The molecule has 21 heavy (non-hydrogen) atoms. The molecular weight excluding hydrogens is 272 g/mol. The van der Waals surface area contributed by atoms with Crippen molar-refractivity contribution in [1.82, 2.24) is 5.32 Å². The second-order valence-electron chi connectivity index (χ2n) is 5.24. The van der Waals surface area contributed by atoms with Gasteiger partial charge in [0.05, 0.1) is 12.3 Å². The first-order chi connectivity index (χ1) is 10.0. The van der Waals surface area contributed by atoms with Crippen LogP contribution in [0.2, 0.25) is 0 Å². The van der Waals surface area contributed by atoms with Crippen LogP contribution in [0.25, 0.3) is 0 Å². The van der Waals surface area contributed by atoms with Gasteiger partial charge in [-0.2, -0.15) is 0 Å². The summed E-state index contributed by atoms with van der Waals surface area (Å²) in [6, 6.07) is 4.79. The highest BCUT2D eigenvalue weighted by atomic mass is 16.4. The summed E-state index contributed by atoms with van der Waals surface area (Å²) in [6.45, 7) is 0. The van der Waals surface area contributed by atoms with Gasteiger partial charge in [-0.05, 0) is 24.1 Å². The molecular formula is C15H14N2O4. The average Bonchev–Trinajstić information content (AvgIpc) is 3.02. The molecule has 1 aromatic rings. The van der Waals surface area contributed by atoms with Crippen LogP contribution >= 0.6 is 0 Å². The molecule has 6 heteroatoms. The number of anilines is 1. The second kappa shape index (κ2) is 5.05. The molecule has 1 aliphatic heterocycles. The maximum absolute atomic E-state index is 12.2. The lowest BCUT2D eigenvalue weighted by molar-refractivity contribution is -0.140. The zero-order chi connectivity index (χ0) is 15.0. The number of carbonyl (C=O) groups is 3. The van der Waals surface area contributed by atoms with Gasteiger partial charge in [-0.3, -0.25) is 14.4 Å². The van der Waals surface area contributed by atoms with E-state index in [-0.39, 0.29) is 17.9 Å². The summed E-state index contributed by atoms with van der Waals surface area (Å²) in [5.74, 6) is -1.79. The molecule has 2 aliphatic rings. The van der Waals surface area contributed by atoms with Gasteiger partial charge in [-0.15, -0.1) is 0 Å². The third-order valence-corrected chi connectivity index (χ3v) is 3.71. The number of amides is 2. The van der Waals surface area contributed by atoms with Crippen LogP contribution in [0.1, 0.15) is 22.3 Å². The van der Waals surface area contributed by atoms with E-state index >= 15 is 0 Å². The second-order valence-corrected chi connectivity index (χ2v) is 5.24. The molecule has 2 atom stereocenters. The molecule has 0 aromatic heterocycles. The summed E-state index contributed by atoms with van der Waals surface area (Å²) in [5, 5.41) is 14.4. The van der Waals surface area contributed by atoms with E-state index in [1.165, 1.54) is 0 Å². The van der Waals surface area contributed by atoms with Crippen molar-refractivity contribution >= 4 is 23.5 Å². The Morgan fingerprint density at radius 1 is 1.29 bits per heavy atom. The number of carboxylic acids is 1.